The fourth-order valence-corrected chi connectivity index (χ4v) is 4.56. The van der Waals surface area contributed by atoms with E-state index >= 15 is 0 Å². The van der Waals surface area contributed by atoms with E-state index in [4.69, 9.17) is 4.74 Å². The maximum Gasteiger partial charge on any atom is 0.271 e. The van der Waals surface area contributed by atoms with E-state index in [9.17, 15) is 4.79 Å². The van der Waals surface area contributed by atoms with Crippen LogP contribution in [0.15, 0.2) is 46.5 Å². The normalized spacial score (nSPS) is 15.0. The van der Waals surface area contributed by atoms with Crippen LogP contribution in [0.2, 0.25) is 0 Å². The van der Waals surface area contributed by atoms with Crippen molar-refractivity contribution in [3.8, 4) is 10.6 Å². The average Bonchev–Trinajstić information content (AvgIpc) is 3.39. The van der Waals surface area contributed by atoms with Crippen LogP contribution in [0.5, 0.6) is 0 Å². The van der Waals surface area contributed by atoms with Crippen molar-refractivity contribution in [3.05, 3.63) is 63.3 Å². The van der Waals surface area contributed by atoms with E-state index in [1.54, 1.807) is 11.3 Å². The Labute approximate surface area is 166 Å². The first-order valence-electron chi connectivity index (χ1n) is 8.93. The van der Waals surface area contributed by atoms with Crippen LogP contribution in [-0.2, 0) is 17.8 Å². The summed E-state index contributed by atoms with van der Waals surface area (Å²) in [6.45, 7) is 4.86. The number of ether oxygens (including phenoxy) is 1. The van der Waals surface area contributed by atoms with Crippen molar-refractivity contribution in [2.24, 2.45) is 0 Å². The van der Waals surface area contributed by atoms with Gasteiger partial charge in [0.2, 0.25) is 0 Å². The van der Waals surface area contributed by atoms with Crippen LogP contribution in [0, 0.1) is 0 Å². The third-order valence-electron chi connectivity index (χ3n) is 4.56. The minimum atomic E-state index is -0.131. The van der Waals surface area contributed by atoms with Gasteiger partial charge in [-0.15, -0.1) is 11.3 Å². The summed E-state index contributed by atoms with van der Waals surface area (Å²) in [4.78, 5) is 19.4. The van der Waals surface area contributed by atoms with Crippen LogP contribution < -0.4 is 5.32 Å². The van der Waals surface area contributed by atoms with E-state index in [0.29, 0.717) is 12.2 Å². The summed E-state index contributed by atoms with van der Waals surface area (Å²) in [7, 11) is 0. The first-order valence-corrected chi connectivity index (χ1v) is 10.7. The monoisotopic (exact) mass is 399 g/mol. The number of benzene rings is 1. The van der Waals surface area contributed by atoms with Crippen LogP contribution in [0.3, 0.4) is 0 Å². The summed E-state index contributed by atoms with van der Waals surface area (Å²) in [5.74, 6) is -0.131. The number of aromatic nitrogens is 1. The lowest BCUT2D eigenvalue weighted by Crippen LogP contribution is -2.36. The van der Waals surface area contributed by atoms with Crippen molar-refractivity contribution in [1.82, 2.24) is 15.2 Å². The fraction of sp³-hybridized carbons (Fsp3) is 0.300. The zero-order chi connectivity index (χ0) is 18.5. The van der Waals surface area contributed by atoms with E-state index in [-0.39, 0.29) is 5.91 Å². The molecule has 0 atom stereocenters. The van der Waals surface area contributed by atoms with Gasteiger partial charge in [-0.1, -0.05) is 24.3 Å². The third kappa shape index (κ3) is 4.62. The molecule has 3 aromatic rings. The van der Waals surface area contributed by atoms with Gasteiger partial charge < -0.3 is 10.1 Å². The molecule has 1 amide bonds. The summed E-state index contributed by atoms with van der Waals surface area (Å²) in [5.41, 5.74) is 3.94. The minimum Gasteiger partial charge on any atom is -0.379 e. The second-order valence-corrected chi connectivity index (χ2v) is 8.03. The van der Waals surface area contributed by atoms with Gasteiger partial charge in [-0.3, -0.25) is 9.69 Å². The van der Waals surface area contributed by atoms with Crippen LogP contribution in [0.25, 0.3) is 10.6 Å². The summed E-state index contributed by atoms with van der Waals surface area (Å²) in [5, 5.41) is 9.78. The molecule has 7 heteroatoms. The number of morpholine rings is 1. The maximum absolute atomic E-state index is 12.5. The van der Waals surface area contributed by atoms with Crippen LogP contribution in [-0.4, -0.2) is 42.1 Å². The lowest BCUT2D eigenvalue weighted by atomic mass is 10.1. The molecule has 4 rings (SSSR count). The highest BCUT2D eigenvalue weighted by Crippen LogP contribution is 2.25. The Balaban J connectivity index is 1.39. The molecule has 1 aliphatic heterocycles. The number of carbonyl (C=O) groups is 1. The van der Waals surface area contributed by atoms with Gasteiger partial charge in [0.25, 0.3) is 5.91 Å². The summed E-state index contributed by atoms with van der Waals surface area (Å²) < 4.78 is 5.42. The van der Waals surface area contributed by atoms with Gasteiger partial charge in [0.05, 0.1) is 13.2 Å². The van der Waals surface area contributed by atoms with Crippen molar-refractivity contribution in [2.45, 2.75) is 13.1 Å². The Hall–Kier alpha value is -2.06. The molecule has 5 nitrogen and oxygen atoms in total. The largest absolute Gasteiger partial charge is 0.379 e. The highest BCUT2D eigenvalue weighted by Gasteiger charge is 2.15. The van der Waals surface area contributed by atoms with Gasteiger partial charge >= 0.3 is 0 Å². The summed E-state index contributed by atoms with van der Waals surface area (Å²) >= 11 is 3.13. The highest BCUT2D eigenvalue weighted by atomic mass is 32.1. The van der Waals surface area contributed by atoms with Gasteiger partial charge in [0.15, 0.2) is 0 Å². The molecular weight excluding hydrogens is 378 g/mol. The Morgan fingerprint density at radius 1 is 1.15 bits per heavy atom. The number of nitrogens with zero attached hydrogens (tertiary/aromatic N) is 2. The van der Waals surface area contributed by atoms with E-state index in [1.807, 2.05) is 28.3 Å². The zero-order valence-corrected chi connectivity index (χ0v) is 16.5. The number of amides is 1. The number of thiazole rings is 1. The topological polar surface area (TPSA) is 54.5 Å². The molecule has 0 radical (unpaired) electrons. The molecule has 3 heterocycles. The zero-order valence-electron chi connectivity index (χ0n) is 14.9. The molecule has 0 saturated carbocycles. The molecule has 1 fully saturated rings. The van der Waals surface area contributed by atoms with Crippen LogP contribution in [0.1, 0.15) is 21.6 Å². The van der Waals surface area contributed by atoms with Gasteiger partial charge in [0.1, 0.15) is 10.7 Å². The Morgan fingerprint density at radius 2 is 1.96 bits per heavy atom. The minimum absolute atomic E-state index is 0.131. The van der Waals surface area contributed by atoms with Crippen molar-refractivity contribution < 1.29 is 9.53 Å². The van der Waals surface area contributed by atoms with Crippen LogP contribution in [0.4, 0.5) is 0 Å². The number of thiophene rings is 1. The van der Waals surface area contributed by atoms with E-state index in [2.05, 4.69) is 33.4 Å². The molecule has 1 aromatic carbocycles. The lowest BCUT2D eigenvalue weighted by Gasteiger charge is -2.27. The Kier molecular flexibility index (Phi) is 5.94. The smallest absolute Gasteiger partial charge is 0.271 e. The first kappa shape index (κ1) is 18.3. The second kappa shape index (κ2) is 8.75. The SMILES string of the molecule is O=C(NCc1ccccc1CN1CCOCC1)c1csc(-c2ccsc2)n1. The van der Waals surface area contributed by atoms with Gasteiger partial charge in [-0.2, -0.15) is 11.3 Å². The maximum atomic E-state index is 12.5. The molecular formula is C20H21N3O2S2. The Morgan fingerprint density at radius 3 is 2.74 bits per heavy atom. The quantitative estimate of drug-likeness (QED) is 0.688. The predicted molar refractivity (Wildman–Crippen MR) is 109 cm³/mol. The van der Waals surface area contributed by atoms with Crippen molar-refractivity contribution in [1.29, 1.82) is 0 Å². The Bertz CT molecular complexity index is 886. The van der Waals surface area contributed by atoms with Gasteiger partial charge in [-0.05, 0) is 22.6 Å². The van der Waals surface area contributed by atoms with Crippen molar-refractivity contribution in [3.63, 3.8) is 0 Å². The van der Waals surface area contributed by atoms with Crippen LogP contribution >= 0.6 is 22.7 Å². The van der Waals surface area contributed by atoms with E-state index in [1.165, 1.54) is 16.9 Å². The number of hydrogen-bond donors (Lipinski definition) is 1. The molecule has 0 bridgehead atoms. The molecule has 0 spiro atoms. The van der Waals surface area contributed by atoms with Crippen molar-refractivity contribution in [2.75, 3.05) is 26.3 Å². The lowest BCUT2D eigenvalue weighted by molar-refractivity contribution is 0.0340. The van der Waals surface area contributed by atoms with Crippen molar-refractivity contribution >= 4 is 28.6 Å². The molecule has 140 valence electrons. The molecule has 1 N–H and O–H groups in total. The molecule has 1 saturated heterocycles. The molecule has 0 aliphatic carbocycles. The van der Waals surface area contributed by atoms with Gasteiger partial charge in [-0.25, -0.2) is 4.98 Å². The van der Waals surface area contributed by atoms with E-state index in [0.717, 1.165) is 49.0 Å². The molecule has 1 aliphatic rings. The summed E-state index contributed by atoms with van der Waals surface area (Å²) in [6, 6.07) is 10.3. The number of hydrogen-bond acceptors (Lipinski definition) is 6. The third-order valence-corrected chi connectivity index (χ3v) is 6.13. The van der Waals surface area contributed by atoms with Gasteiger partial charge in [0, 0.05) is 42.5 Å². The summed E-state index contributed by atoms with van der Waals surface area (Å²) in [6.07, 6.45) is 0. The molecule has 2 aromatic heterocycles. The predicted octanol–water partition coefficient (Wildman–Crippen LogP) is 3.63. The highest BCUT2D eigenvalue weighted by molar-refractivity contribution is 7.14. The average molecular weight is 400 g/mol. The molecule has 0 unspecified atom stereocenters. The second-order valence-electron chi connectivity index (χ2n) is 6.39. The fourth-order valence-electron chi connectivity index (χ4n) is 3.05. The van der Waals surface area contributed by atoms with E-state index < -0.39 is 0 Å². The number of carbonyl (C=O) groups excluding carboxylic acids is 1. The number of rotatable bonds is 6. The first-order chi connectivity index (χ1) is 13.3. The molecule has 27 heavy (non-hydrogen) atoms. The standard InChI is InChI=1S/C20H21N3O2S2/c24-19(18-14-27-20(22-18)17-5-10-26-13-17)21-11-15-3-1-2-4-16(15)12-23-6-8-25-9-7-23/h1-5,10,13-14H,6-9,11-12H2,(H,21,24). The number of nitrogens with one attached hydrogen (secondary N) is 1.